The zero-order valence-electron chi connectivity index (χ0n) is 12.5. The van der Waals surface area contributed by atoms with Gasteiger partial charge in [-0.25, -0.2) is 9.97 Å². The van der Waals surface area contributed by atoms with E-state index in [9.17, 15) is 4.79 Å². The molecule has 6 heteroatoms. The number of amides is 1. The number of ether oxygens (including phenoxy) is 1. The molecule has 1 atom stereocenters. The highest BCUT2D eigenvalue weighted by Crippen LogP contribution is 2.35. The average molecular weight is 298 g/mol. The highest BCUT2D eigenvalue weighted by atomic mass is 16.5. The van der Waals surface area contributed by atoms with Crippen LogP contribution in [0.4, 0.5) is 11.5 Å². The van der Waals surface area contributed by atoms with Crippen LogP contribution in [0.15, 0.2) is 18.2 Å². The Hall–Kier alpha value is -2.37. The molecule has 114 valence electrons. The predicted octanol–water partition coefficient (Wildman–Crippen LogP) is 2.34. The van der Waals surface area contributed by atoms with E-state index in [-0.39, 0.29) is 5.91 Å². The molecule has 22 heavy (non-hydrogen) atoms. The van der Waals surface area contributed by atoms with E-state index in [1.165, 1.54) is 19.8 Å². The predicted molar refractivity (Wildman–Crippen MR) is 84.3 cm³/mol. The normalized spacial score (nSPS) is 20.0. The Morgan fingerprint density at radius 2 is 2.23 bits per heavy atom. The van der Waals surface area contributed by atoms with Crippen LogP contribution in [0.5, 0.6) is 5.88 Å². The molecule has 0 saturated carbocycles. The molecule has 1 saturated heterocycles. The van der Waals surface area contributed by atoms with E-state index in [1.54, 1.807) is 0 Å². The highest BCUT2D eigenvalue weighted by Gasteiger charge is 2.32. The van der Waals surface area contributed by atoms with E-state index in [0.29, 0.717) is 18.5 Å². The summed E-state index contributed by atoms with van der Waals surface area (Å²) in [4.78, 5) is 22.8. The fourth-order valence-electron chi connectivity index (χ4n) is 3.22. The van der Waals surface area contributed by atoms with Crippen molar-refractivity contribution >= 4 is 28.4 Å². The SMILES string of the molecule is CC(=O)Nc1ccc2nc3c(nc2c1)OCC1CCCCN31. The fourth-order valence-corrected chi connectivity index (χ4v) is 3.22. The van der Waals surface area contributed by atoms with Gasteiger partial charge in [0.15, 0.2) is 5.82 Å². The molecule has 2 aromatic rings. The number of carbonyl (C=O) groups excluding carboxylic acids is 1. The van der Waals surface area contributed by atoms with Crippen LogP contribution in [0.1, 0.15) is 26.2 Å². The van der Waals surface area contributed by atoms with Gasteiger partial charge >= 0.3 is 0 Å². The van der Waals surface area contributed by atoms with Crippen molar-refractivity contribution in [2.24, 2.45) is 0 Å². The number of benzene rings is 1. The van der Waals surface area contributed by atoms with E-state index in [4.69, 9.17) is 9.72 Å². The van der Waals surface area contributed by atoms with Crippen LogP contribution in [0.3, 0.4) is 0 Å². The van der Waals surface area contributed by atoms with Crippen LogP contribution < -0.4 is 15.0 Å². The molecule has 0 spiro atoms. The third kappa shape index (κ3) is 2.24. The Morgan fingerprint density at radius 3 is 3.09 bits per heavy atom. The van der Waals surface area contributed by atoms with Crippen LogP contribution in [-0.2, 0) is 4.79 Å². The maximum absolute atomic E-state index is 11.2. The topological polar surface area (TPSA) is 67.3 Å². The Bertz CT molecular complexity index is 746. The van der Waals surface area contributed by atoms with E-state index in [0.717, 1.165) is 35.5 Å². The Labute approximate surface area is 128 Å². The third-order valence-corrected chi connectivity index (χ3v) is 4.25. The summed E-state index contributed by atoms with van der Waals surface area (Å²) in [5, 5.41) is 2.76. The summed E-state index contributed by atoms with van der Waals surface area (Å²) in [5.41, 5.74) is 2.28. The maximum Gasteiger partial charge on any atom is 0.258 e. The van der Waals surface area contributed by atoms with Crippen molar-refractivity contribution in [3.05, 3.63) is 18.2 Å². The molecular weight excluding hydrogens is 280 g/mol. The summed E-state index contributed by atoms with van der Waals surface area (Å²) in [6.07, 6.45) is 3.60. The zero-order chi connectivity index (χ0) is 15.1. The quantitative estimate of drug-likeness (QED) is 0.875. The van der Waals surface area contributed by atoms with Crippen LogP contribution in [0, 0.1) is 0 Å². The van der Waals surface area contributed by atoms with Gasteiger partial charge in [-0.05, 0) is 37.5 Å². The van der Waals surface area contributed by atoms with Crippen molar-refractivity contribution in [3.63, 3.8) is 0 Å². The standard InChI is InChI=1S/C16H18N4O2/c1-10(21)17-11-5-6-13-14(8-11)19-16-15(18-13)20-7-3-2-4-12(20)9-22-16/h5-6,8,12H,2-4,7,9H2,1H3,(H,17,21). The number of fused-ring (bicyclic) bond motifs is 4. The number of piperidine rings is 1. The third-order valence-electron chi connectivity index (χ3n) is 4.25. The first-order valence-electron chi connectivity index (χ1n) is 7.69. The zero-order valence-corrected chi connectivity index (χ0v) is 12.5. The number of nitrogens with one attached hydrogen (secondary N) is 1. The minimum atomic E-state index is -0.0994. The second-order valence-corrected chi connectivity index (χ2v) is 5.89. The van der Waals surface area contributed by atoms with Crippen LogP contribution in [0.2, 0.25) is 0 Å². The summed E-state index contributed by atoms with van der Waals surface area (Å²) >= 11 is 0. The number of rotatable bonds is 1. The van der Waals surface area contributed by atoms with E-state index in [2.05, 4.69) is 15.2 Å². The van der Waals surface area contributed by atoms with Crippen molar-refractivity contribution in [1.82, 2.24) is 9.97 Å². The first kappa shape index (κ1) is 13.3. The Morgan fingerprint density at radius 1 is 1.32 bits per heavy atom. The fraction of sp³-hybridized carbons (Fsp3) is 0.438. The van der Waals surface area contributed by atoms with E-state index >= 15 is 0 Å². The van der Waals surface area contributed by atoms with Crippen molar-refractivity contribution in [2.45, 2.75) is 32.2 Å². The largest absolute Gasteiger partial charge is 0.473 e. The Kier molecular flexibility index (Phi) is 3.10. The molecule has 2 aliphatic rings. The number of nitrogens with zero attached hydrogens (tertiary/aromatic N) is 3. The van der Waals surface area contributed by atoms with E-state index < -0.39 is 0 Å². The molecule has 1 unspecified atom stereocenters. The number of anilines is 2. The van der Waals surface area contributed by atoms with Gasteiger partial charge in [-0.2, -0.15) is 0 Å². The van der Waals surface area contributed by atoms with Crippen molar-refractivity contribution in [3.8, 4) is 5.88 Å². The lowest BCUT2D eigenvalue weighted by molar-refractivity contribution is -0.114. The van der Waals surface area contributed by atoms with Gasteiger partial charge in [-0.3, -0.25) is 4.79 Å². The summed E-state index contributed by atoms with van der Waals surface area (Å²) in [7, 11) is 0. The van der Waals surface area contributed by atoms with Crippen LogP contribution in [-0.4, -0.2) is 35.1 Å². The van der Waals surface area contributed by atoms with Gasteiger partial charge < -0.3 is 15.0 Å². The van der Waals surface area contributed by atoms with Crippen LogP contribution in [0.25, 0.3) is 11.0 Å². The lowest BCUT2D eigenvalue weighted by Gasteiger charge is -2.40. The molecule has 1 N–H and O–H groups in total. The minimum absolute atomic E-state index is 0.0994. The molecule has 1 aromatic heterocycles. The highest BCUT2D eigenvalue weighted by molar-refractivity contribution is 5.91. The molecule has 6 nitrogen and oxygen atoms in total. The van der Waals surface area contributed by atoms with Gasteiger partial charge in [0.1, 0.15) is 6.61 Å². The molecule has 1 aromatic carbocycles. The molecule has 1 amide bonds. The van der Waals surface area contributed by atoms with Crippen molar-refractivity contribution in [2.75, 3.05) is 23.4 Å². The maximum atomic E-state index is 11.2. The Balaban J connectivity index is 1.76. The number of aromatic nitrogens is 2. The first-order valence-corrected chi connectivity index (χ1v) is 7.69. The summed E-state index contributed by atoms with van der Waals surface area (Å²) in [6, 6.07) is 5.99. The lowest BCUT2D eigenvalue weighted by Crippen LogP contribution is -2.46. The van der Waals surface area contributed by atoms with Crippen molar-refractivity contribution in [1.29, 1.82) is 0 Å². The second-order valence-electron chi connectivity index (χ2n) is 5.89. The van der Waals surface area contributed by atoms with Gasteiger partial charge in [-0.15, -0.1) is 0 Å². The molecule has 4 rings (SSSR count). The summed E-state index contributed by atoms with van der Waals surface area (Å²) < 4.78 is 5.82. The average Bonchev–Trinajstić information content (AvgIpc) is 2.52. The smallest absolute Gasteiger partial charge is 0.258 e. The molecule has 2 aliphatic heterocycles. The number of hydrogen-bond donors (Lipinski definition) is 1. The first-order chi connectivity index (χ1) is 10.7. The molecule has 0 radical (unpaired) electrons. The summed E-state index contributed by atoms with van der Waals surface area (Å²) in [5.74, 6) is 1.36. The molecule has 1 fully saturated rings. The van der Waals surface area contributed by atoms with Crippen molar-refractivity contribution < 1.29 is 9.53 Å². The van der Waals surface area contributed by atoms with Crippen LogP contribution >= 0.6 is 0 Å². The van der Waals surface area contributed by atoms with Gasteiger partial charge in [0.05, 0.1) is 17.1 Å². The molecule has 0 aliphatic carbocycles. The lowest BCUT2D eigenvalue weighted by atomic mass is 10.0. The van der Waals surface area contributed by atoms with Gasteiger partial charge in [-0.1, -0.05) is 0 Å². The van der Waals surface area contributed by atoms with Gasteiger partial charge in [0, 0.05) is 19.2 Å². The molecular formula is C16H18N4O2. The molecule has 3 heterocycles. The second kappa shape index (κ2) is 5.12. The number of hydrogen-bond acceptors (Lipinski definition) is 5. The van der Waals surface area contributed by atoms with Gasteiger partial charge in [0.2, 0.25) is 5.91 Å². The number of carbonyl (C=O) groups is 1. The van der Waals surface area contributed by atoms with E-state index in [1.807, 2.05) is 18.2 Å². The monoisotopic (exact) mass is 298 g/mol. The molecule has 0 bridgehead atoms. The minimum Gasteiger partial charge on any atom is -0.473 e. The van der Waals surface area contributed by atoms with Gasteiger partial charge in [0.25, 0.3) is 5.88 Å². The summed E-state index contributed by atoms with van der Waals surface area (Å²) in [6.45, 7) is 3.19.